The molecule has 188 valence electrons. The summed E-state index contributed by atoms with van der Waals surface area (Å²) in [6, 6.07) is 12.0. The number of methoxy groups -OCH3 is 2. The lowest BCUT2D eigenvalue weighted by atomic mass is 10.2. The number of amides is 3. The number of benzene rings is 2. The van der Waals surface area contributed by atoms with Crippen molar-refractivity contribution in [1.82, 2.24) is 14.9 Å². The molecule has 4 rings (SSSR count). The molecule has 0 aliphatic carbocycles. The van der Waals surface area contributed by atoms with E-state index in [1.165, 1.54) is 60.7 Å². The second-order valence-electron chi connectivity index (χ2n) is 7.64. The van der Waals surface area contributed by atoms with E-state index in [9.17, 15) is 18.0 Å². The third-order valence-electron chi connectivity index (χ3n) is 5.35. The second-order valence-corrected chi connectivity index (χ2v) is 9.33. The zero-order valence-corrected chi connectivity index (χ0v) is 20.4. The van der Waals surface area contributed by atoms with Crippen LogP contribution in [0.3, 0.4) is 0 Å². The molecular weight excluding hydrogens is 488 g/mol. The molecule has 0 spiro atoms. The van der Waals surface area contributed by atoms with E-state index in [2.05, 4.69) is 20.0 Å². The van der Waals surface area contributed by atoms with Gasteiger partial charge in [0.2, 0.25) is 11.9 Å². The highest BCUT2D eigenvalue weighted by molar-refractivity contribution is 7.92. The molecule has 1 fully saturated rings. The number of carbonyl (C=O) groups is 2. The van der Waals surface area contributed by atoms with Crippen LogP contribution in [0.1, 0.15) is 0 Å². The smallest absolute Gasteiger partial charge is 0.325 e. The molecule has 3 aromatic rings. The second kappa shape index (κ2) is 10.5. The SMILES string of the molecule is COc1ccc(OC)c(N2CCN(CC(=O)Nc3ccc(S(=O)(=O)Nc4ncccn4)cc3)C2=O)c1. The van der Waals surface area contributed by atoms with Crippen LogP contribution in [-0.4, -0.2) is 69.1 Å². The zero-order chi connectivity index (χ0) is 25.7. The number of hydrogen-bond acceptors (Lipinski definition) is 8. The molecule has 1 aliphatic rings. The summed E-state index contributed by atoms with van der Waals surface area (Å²) in [5.74, 6) is 0.616. The van der Waals surface area contributed by atoms with Crippen molar-refractivity contribution in [3.63, 3.8) is 0 Å². The number of nitrogens with zero attached hydrogens (tertiary/aromatic N) is 4. The van der Waals surface area contributed by atoms with Gasteiger partial charge in [0.1, 0.15) is 18.0 Å². The van der Waals surface area contributed by atoms with E-state index in [1.54, 1.807) is 24.3 Å². The highest BCUT2D eigenvalue weighted by atomic mass is 32.2. The molecule has 3 amide bonds. The lowest BCUT2D eigenvalue weighted by Crippen LogP contribution is -2.37. The van der Waals surface area contributed by atoms with Gasteiger partial charge in [-0.1, -0.05) is 0 Å². The Morgan fingerprint density at radius 2 is 1.75 bits per heavy atom. The number of carbonyl (C=O) groups excluding carboxylic acids is 2. The summed E-state index contributed by atoms with van der Waals surface area (Å²) in [4.78, 5) is 36.1. The summed E-state index contributed by atoms with van der Waals surface area (Å²) in [5.41, 5.74) is 0.934. The van der Waals surface area contributed by atoms with Crippen LogP contribution in [0.4, 0.5) is 22.1 Å². The third-order valence-corrected chi connectivity index (χ3v) is 6.69. The summed E-state index contributed by atoms with van der Waals surface area (Å²) >= 11 is 0. The van der Waals surface area contributed by atoms with Gasteiger partial charge in [-0.25, -0.2) is 27.9 Å². The average Bonchev–Trinajstić information content (AvgIpc) is 3.23. The summed E-state index contributed by atoms with van der Waals surface area (Å²) in [7, 11) is -0.848. The van der Waals surface area contributed by atoms with Crippen molar-refractivity contribution in [3.05, 3.63) is 60.9 Å². The molecule has 1 saturated heterocycles. The third kappa shape index (κ3) is 5.46. The number of hydrogen-bond donors (Lipinski definition) is 2. The van der Waals surface area contributed by atoms with Gasteiger partial charge in [-0.05, 0) is 42.5 Å². The molecule has 2 aromatic carbocycles. The van der Waals surface area contributed by atoms with E-state index < -0.39 is 15.9 Å². The first-order valence-electron chi connectivity index (χ1n) is 10.8. The molecule has 13 heteroatoms. The minimum atomic E-state index is -3.89. The van der Waals surface area contributed by atoms with Crippen molar-refractivity contribution in [1.29, 1.82) is 0 Å². The maximum absolute atomic E-state index is 13.0. The van der Waals surface area contributed by atoms with Gasteiger partial charge in [-0.15, -0.1) is 0 Å². The Morgan fingerprint density at radius 3 is 2.42 bits per heavy atom. The zero-order valence-electron chi connectivity index (χ0n) is 19.5. The molecule has 1 aromatic heterocycles. The average molecular weight is 513 g/mol. The number of rotatable bonds is 9. The number of urea groups is 1. The predicted molar refractivity (Wildman–Crippen MR) is 132 cm³/mol. The van der Waals surface area contributed by atoms with Crippen LogP contribution < -0.4 is 24.4 Å². The maximum atomic E-state index is 13.0. The molecule has 2 heterocycles. The Hall–Kier alpha value is -4.39. The van der Waals surface area contributed by atoms with Gasteiger partial charge in [0.15, 0.2) is 0 Å². The van der Waals surface area contributed by atoms with Crippen molar-refractivity contribution in [3.8, 4) is 11.5 Å². The van der Waals surface area contributed by atoms with Crippen LogP contribution in [0.25, 0.3) is 0 Å². The Kier molecular flexibility index (Phi) is 7.20. The lowest BCUT2D eigenvalue weighted by molar-refractivity contribution is -0.116. The van der Waals surface area contributed by atoms with Gasteiger partial charge in [-0.2, -0.15) is 0 Å². The maximum Gasteiger partial charge on any atom is 0.325 e. The monoisotopic (exact) mass is 512 g/mol. The molecule has 0 radical (unpaired) electrons. The first-order chi connectivity index (χ1) is 17.3. The van der Waals surface area contributed by atoms with Gasteiger partial charge in [0.05, 0.1) is 24.8 Å². The molecule has 36 heavy (non-hydrogen) atoms. The van der Waals surface area contributed by atoms with Crippen molar-refractivity contribution in [2.24, 2.45) is 0 Å². The number of aromatic nitrogens is 2. The van der Waals surface area contributed by atoms with Crippen molar-refractivity contribution in [2.45, 2.75) is 4.90 Å². The van der Waals surface area contributed by atoms with E-state index >= 15 is 0 Å². The highest BCUT2D eigenvalue weighted by Gasteiger charge is 2.32. The van der Waals surface area contributed by atoms with E-state index in [1.807, 2.05) is 0 Å². The van der Waals surface area contributed by atoms with Gasteiger partial charge < -0.3 is 19.7 Å². The van der Waals surface area contributed by atoms with Crippen molar-refractivity contribution in [2.75, 3.05) is 48.8 Å². The van der Waals surface area contributed by atoms with Gasteiger partial charge in [-0.3, -0.25) is 9.69 Å². The topological polar surface area (TPSA) is 143 Å². The van der Waals surface area contributed by atoms with Crippen LogP contribution in [0.2, 0.25) is 0 Å². The summed E-state index contributed by atoms with van der Waals surface area (Å²) in [5, 5.41) is 2.68. The fraction of sp³-hybridized carbons (Fsp3) is 0.217. The Balaban J connectivity index is 1.37. The molecule has 0 atom stereocenters. The number of sulfonamides is 1. The Labute approximate surface area is 207 Å². The minimum Gasteiger partial charge on any atom is -0.497 e. The van der Waals surface area contributed by atoms with Gasteiger partial charge >= 0.3 is 6.03 Å². The van der Waals surface area contributed by atoms with Crippen LogP contribution in [0, 0.1) is 0 Å². The van der Waals surface area contributed by atoms with E-state index in [4.69, 9.17) is 9.47 Å². The normalized spacial score (nSPS) is 13.4. The summed E-state index contributed by atoms with van der Waals surface area (Å²) in [6.07, 6.45) is 2.84. The first kappa shape index (κ1) is 24.7. The minimum absolute atomic E-state index is 0.0226. The van der Waals surface area contributed by atoms with E-state index in [0.717, 1.165) is 0 Å². The largest absolute Gasteiger partial charge is 0.497 e. The van der Waals surface area contributed by atoms with Crippen LogP contribution in [0.15, 0.2) is 65.8 Å². The molecule has 2 N–H and O–H groups in total. The Morgan fingerprint density at radius 1 is 1.03 bits per heavy atom. The van der Waals surface area contributed by atoms with E-state index in [-0.39, 0.29) is 23.4 Å². The summed E-state index contributed by atoms with van der Waals surface area (Å²) in [6.45, 7) is 0.548. The highest BCUT2D eigenvalue weighted by Crippen LogP contribution is 2.34. The van der Waals surface area contributed by atoms with Gasteiger partial charge in [0.25, 0.3) is 10.0 Å². The molecule has 0 unspecified atom stereocenters. The molecular formula is C23H24N6O6S. The van der Waals surface area contributed by atoms with Crippen molar-refractivity contribution >= 4 is 39.3 Å². The van der Waals surface area contributed by atoms with Gasteiger partial charge in [0, 0.05) is 37.2 Å². The van der Waals surface area contributed by atoms with Crippen LogP contribution in [-0.2, 0) is 14.8 Å². The predicted octanol–water partition coefficient (Wildman–Crippen LogP) is 2.18. The van der Waals surface area contributed by atoms with E-state index in [0.29, 0.717) is 36.0 Å². The number of nitrogens with one attached hydrogen (secondary N) is 2. The standard InChI is InChI=1S/C23H24N6O6S/c1-34-17-6-9-20(35-2)19(14-17)29-13-12-28(23(29)31)15-21(30)26-16-4-7-18(8-5-16)36(32,33)27-22-24-10-3-11-25-22/h3-11,14H,12-13,15H2,1-2H3,(H,26,30)(H,24,25,27). The Bertz CT molecular complexity index is 1350. The number of anilines is 3. The first-order valence-corrected chi connectivity index (χ1v) is 12.3. The summed E-state index contributed by atoms with van der Waals surface area (Å²) < 4.78 is 37.9. The quantitative estimate of drug-likeness (QED) is 0.444. The molecule has 0 saturated carbocycles. The van der Waals surface area contributed by atoms with Crippen LogP contribution in [0.5, 0.6) is 11.5 Å². The lowest BCUT2D eigenvalue weighted by Gasteiger charge is -2.21. The molecule has 1 aliphatic heterocycles. The molecule has 12 nitrogen and oxygen atoms in total. The van der Waals surface area contributed by atoms with Crippen LogP contribution >= 0.6 is 0 Å². The fourth-order valence-electron chi connectivity index (χ4n) is 3.58. The fourth-order valence-corrected chi connectivity index (χ4v) is 4.54. The number of ether oxygens (including phenoxy) is 2. The van der Waals surface area contributed by atoms with Crippen molar-refractivity contribution < 1.29 is 27.5 Å². The molecule has 0 bridgehead atoms.